The van der Waals surface area contributed by atoms with Crippen LogP contribution < -0.4 is 0 Å². The summed E-state index contributed by atoms with van der Waals surface area (Å²) in [4.78, 5) is 27.6. The van der Waals surface area contributed by atoms with E-state index in [0.29, 0.717) is 19.6 Å². The molecule has 1 amide bonds. The molecule has 0 aromatic heterocycles. The fourth-order valence-electron chi connectivity index (χ4n) is 2.61. The summed E-state index contributed by atoms with van der Waals surface area (Å²) in [6.07, 6.45) is 0.794. The van der Waals surface area contributed by atoms with Crippen molar-refractivity contribution in [3.63, 3.8) is 0 Å². The summed E-state index contributed by atoms with van der Waals surface area (Å²) < 4.78 is 0. The summed E-state index contributed by atoms with van der Waals surface area (Å²) in [5.74, 6) is -0.951. The molecule has 1 aromatic rings. The van der Waals surface area contributed by atoms with Gasteiger partial charge in [0, 0.05) is 13.1 Å². The van der Waals surface area contributed by atoms with Crippen molar-refractivity contribution in [3.05, 3.63) is 35.9 Å². The third kappa shape index (κ3) is 6.20. The number of benzene rings is 1. The molecule has 0 saturated heterocycles. The van der Waals surface area contributed by atoms with Crippen LogP contribution in [0.1, 0.15) is 38.8 Å². The van der Waals surface area contributed by atoms with Gasteiger partial charge in [-0.2, -0.15) is 0 Å². The average Bonchev–Trinajstić information content (AvgIpc) is 2.49. The van der Waals surface area contributed by atoms with Crippen molar-refractivity contribution in [3.8, 4) is 0 Å². The number of halogens is 1. The van der Waals surface area contributed by atoms with Gasteiger partial charge in [0.25, 0.3) is 0 Å². The molecule has 0 aliphatic heterocycles. The van der Waals surface area contributed by atoms with Crippen molar-refractivity contribution >= 4 is 24.3 Å². The molecule has 1 aromatic carbocycles. The molecule has 0 heterocycles. The number of hydrogen-bond donors (Lipinski definition) is 1. The van der Waals surface area contributed by atoms with Crippen LogP contribution in [0.4, 0.5) is 0 Å². The van der Waals surface area contributed by atoms with Crippen molar-refractivity contribution in [2.24, 2.45) is 0 Å². The van der Waals surface area contributed by atoms with Gasteiger partial charge in [-0.05, 0) is 32.4 Å². The Morgan fingerprint density at radius 2 is 1.65 bits per heavy atom. The quantitative estimate of drug-likeness (QED) is 0.749. The first-order valence-corrected chi connectivity index (χ1v) is 7.84. The fourth-order valence-corrected chi connectivity index (χ4v) is 2.61. The van der Waals surface area contributed by atoms with E-state index < -0.39 is 12.0 Å². The Labute approximate surface area is 144 Å². The highest BCUT2D eigenvalue weighted by Gasteiger charge is 2.31. The number of carboxylic acid groups (broad SMARTS) is 1. The van der Waals surface area contributed by atoms with Gasteiger partial charge in [-0.15, -0.1) is 12.4 Å². The summed E-state index contributed by atoms with van der Waals surface area (Å²) in [5, 5.41) is 9.17. The van der Waals surface area contributed by atoms with Gasteiger partial charge in [0.2, 0.25) is 5.91 Å². The molecule has 1 atom stereocenters. The molecule has 0 spiro atoms. The second-order valence-electron chi connectivity index (χ2n) is 5.19. The lowest BCUT2D eigenvalue weighted by molar-refractivity contribution is -0.142. The Hall–Kier alpha value is -1.59. The van der Waals surface area contributed by atoms with E-state index in [2.05, 4.69) is 0 Å². The second-order valence-corrected chi connectivity index (χ2v) is 5.19. The minimum atomic E-state index is -0.915. The van der Waals surface area contributed by atoms with E-state index in [0.717, 1.165) is 12.0 Å². The van der Waals surface area contributed by atoms with E-state index in [1.165, 1.54) is 0 Å². The predicted octanol–water partition coefficient (Wildman–Crippen LogP) is 2.81. The maximum absolute atomic E-state index is 12.9. The largest absolute Gasteiger partial charge is 0.480 e. The first-order chi connectivity index (χ1) is 10.5. The van der Waals surface area contributed by atoms with Gasteiger partial charge in [0.05, 0.1) is 6.54 Å². The average molecular weight is 343 g/mol. The molecule has 0 aliphatic carbocycles. The van der Waals surface area contributed by atoms with Crippen LogP contribution in [0, 0.1) is 0 Å². The lowest BCUT2D eigenvalue weighted by Crippen LogP contribution is -2.45. The second kappa shape index (κ2) is 11.0. The van der Waals surface area contributed by atoms with Gasteiger partial charge in [-0.1, -0.05) is 37.3 Å². The standard InChI is InChI=1S/C17H26N2O3.ClH/c1-4-12-19(13-15(20)21)16(14-10-8-7-9-11-14)17(22)18(5-2)6-3;/h7-11,16H,4-6,12-13H2,1-3H3,(H,20,21);1H. The summed E-state index contributed by atoms with van der Waals surface area (Å²) in [6, 6.07) is 8.87. The highest BCUT2D eigenvalue weighted by atomic mass is 35.5. The van der Waals surface area contributed by atoms with Crippen LogP contribution >= 0.6 is 12.4 Å². The zero-order valence-electron chi connectivity index (χ0n) is 14.1. The number of amides is 1. The van der Waals surface area contributed by atoms with E-state index in [9.17, 15) is 14.7 Å². The highest BCUT2D eigenvalue weighted by molar-refractivity contribution is 5.85. The zero-order valence-corrected chi connectivity index (χ0v) is 14.9. The van der Waals surface area contributed by atoms with Crippen LogP contribution in [-0.4, -0.2) is 53.0 Å². The zero-order chi connectivity index (χ0) is 16.5. The normalized spacial score (nSPS) is 11.7. The third-order valence-corrected chi connectivity index (χ3v) is 3.64. The lowest BCUT2D eigenvalue weighted by atomic mass is 10.0. The van der Waals surface area contributed by atoms with Crippen LogP contribution in [0.3, 0.4) is 0 Å². The lowest BCUT2D eigenvalue weighted by Gasteiger charge is -2.33. The third-order valence-electron chi connectivity index (χ3n) is 3.64. The molecular formula is C17H27ClN2O3. The molecule has 0 aliphatic rings. The molecule has 0 radical (unpaired) electrons. The van der Waals surface area contributed by atoms with Gasteiger partial charge < -0.3 is 10.0 Å². The molecule has 0 saturated carbocycles. The van der Waals surface area contributed by atoms with Crippen molar-refractivity contribution in [2.45, 2.75) is 33.2 Å². The molecule has 6 heteroatoms. The molecule has 1 N–H and O–H groups in total. The van der Waals surface area contributed by atoms with Crippen LogP contribution in [-0.2, 0) is 9.59 Å². The number of rotatable bonds is 9. The number of likely N-dealkylation sites (N-methyl/N-ethyl adjacent to an activating group) is 1. The number of carbonyl (C=O) groups excluding carboxylic acids is 1. The van der Waals surface area contributed by atoms with Gasteiger partial charge in [0.15, 0.2) is 0 Å². The monoisotopic (exact) mass is 342 g/mol. The van der Waals surface area contributed by atoms with E-state index in [1.807, 2.05) is 51.1 Å². The number of nitrogens with zero attached hydrogens (tertiary/aromatic N) is 2. The van der Waals surface area contributed by atoms with Crippen LogP contribution in [0.25, 0.3) is 0 Å². The van der Waals surface area contributed by atoms with Crippen molar-refractivity contribution in [1.29, 1.82) is 0 Å². The first-order valence-electron chi connectivity index (χ1n) is 7.84. The number of hydrogen-bond acceptors (Lipinski definition) is 3. The summed E-state index contributed by atoms with van der Waals surface area (Å²) in [5.41, 5.74) is 0.842. The molecule has 1 unspecified atom stereocenters. The van der Waals surface area contributed by atoms with Gasteiger partial charge in [-0.3, -0.25) is 14.5 Å². The Kier molecular flexibility index (Phi) is 10.3. The molecule has 0 fully saturated rings. The number of aliphatic carboxylic acids is 1. The summed E-state index contributed by atoms with van der Waals surface area (Å²) >= 11 is 0. The van der Waals surface area contributed by atoms with Gasteiger partial charge in [-0.25, -0.2) is 0 Å². The first kappa shape index (κ1) is 21.4. The van der Waals surface area contributed by atoms with Gasteiger partial charge in [0.1, 0.15) is 6.04 Å². The van der Waals surface area contributed by atoms with Gasteiger partial charge >= 0.3 is 5.97 Å². The maximum Gasteiger partial charge on any atom is 0.317 e. The minimum absolute atomic E-state index is 0. The Bertz CT molecular complexity index is 478. The van der Waals surface area contributed by atoms with Crippen LogP contribution in [0.2, 0.25) is 0 Å². The van der Waals surface area contributed by atoms with E-state index in [4.69, 9.17) is 0 Å². The van der Waals surface area contributed by atoms with E-state index in [1.54, 1.807) is 9.80 Å². The molecule has 1 rings (SSSR count). The minimum Gasteiger partial charge on any atom is -0.480 e. The molecule has 5 nitrogen and oxygen atoms in total. The molecule has 23 heavy (non-hydrogen) atoms. The Morgan fingerprint density at radius 3 is 2.09 bits per heavy atom. The Morgan fingerprint density at radius 1 is 1.09 bits per heavy atom. The van der Waals surface area contributed by atoms with Crippen LogP contribution in [0.15, 0.2) is 30.3 Å². The van der Waals surface area contributed by atoms with Crippen molar-refractivity contribution < 1.29 is 14.7 Å². The van der Waals surface area contributed by atoms with E-state index in [-0.39, 0.29) is 24.9 Å². The predicted molar refractivity (Wildman–Crippen MR) is 93.9 cm³/mol. The van der Waals surface area contributed by atoms with Crippen molar-refractivity contribution in [2.75, 3.05) is 26.2 Å². The Balaban J connectivity index is 0.00000484. The SMILES string of the molecule is CCCN(CC(=O)O)C(C(=O)N(CC)CC)c1ccccc1.Cl. The molecular weight excluding hydrogens is 316 g/mol. The van der Waals surface area contributed by atoms with E-state index >= 15 is 0 Å². The molecule has 130 valence electrons. The van der Waals surface area contributed by atoms with Crippen molar-refractivity contribution in [1.82, 2.24) is 9.80 Å². The summed E-state index contributed by atoms with van der Waals surface area (Å²) in [7, 11) is 0. The fraction of sp³-hybridized carbons (Fsp3) is 0.529. The summed E-state index contributed by atoms with van der Waals surface area (Å²) in [6.45, 7) is 7.52. The maximum atomic E-state index is 12.9. The molecule has 0 bridgehead atoms. The van der Waals surface area contributed by atoms with Crippen LogP contribution in [0.5, 0.6) is 0 Å². The number of carboxylic acids is 1. The highest BCUT2D eigenvalue weighted by Crippen LogP contribution is 2.23. The smallest absolute Gasteiger partial charge is 0.317 e. The topological polar surface area (TPSA) is 60.9 Å². The number of carbonyl (C=O) groups is 2.